The van der Waals surface area contributed by atoms with Crippen LogP contribution in [0.2, 0.25) is 0 Å². The van der Waals surface area contributed by atoms with Gasteiger partial charge in [-0.1, -0.05) is 66.7 Å². The van der Waals surface area contributed by atoms with E-state index in [0.717, 1.165) is 10.8 Å². The quantitative estimate of drug-likeness (QED) is 0.218. The van der Waals surface area contributed by atoms with Crippen molar-refractivity contribution in [2.75, 3.05) is 0 Å². The summed E-state index contributed by atoms with van der Waals surface area (Å²) in [5.74, 6) is -2.20. The maximum Gasteiger partial charge on any atom is 0.335 e. The van der Waals surface area contributed by atoms with Gasteiger partial charge in [0, 0.05) is 23.2 Å². The zero-order valence-corrected chi connectivity index (χ0v) is 21.7. The van der Waals surface area contributed by atoms with Crippen molar-refractivity contribution >= 4 is 33.9 Å². The monoisotopic (exact) mass is 542 g/mol. The molecule has 6 nitrogen and oxygen atoms in total. The van der Waals surface area contributed by atoms with E-state index in [1.807, 2.05) is 36.4 Å². The summed E-state index contributed by atoms with van der Waals surface area (Å²) in [6.07, 6.45) is 0. The summed E-state index contributed by atoms with van der Waals surface area (Å²) in [5.41, 5.74) is 3.17. The van der Waals surface area contributed by atoms with Crippen molar-refractivity contribution < 1.29 is 23.9 Å². The number of benzene rings is 4. The highest BCUT2D eigenvalue weighted by molar-refractivity contribution is 6.11. The molecule has 6 aromatic rings. The van der Waals surface area contributed by atoms with Gasteiger partial charge in [-0.2, -0.15) is 0 Å². The van der Waals surface area contributed by atoms with Crippen LogP contribution in [-0.4, -0.2) is 27.2 Å². The molecular weight excluding hydrogens is 519 g/mol. The van der Waals surface area contributed by atoms with Crippen LogP contribution in [0.1, 0.15) is 42.5 Å². The third-order valence-corrected chi connectivity index (χ3v) is 7.06. The predicted octanol–water partition coefficient (Wildman–Crippen LogP) is 6.76. The highest BCUT2D eigenvalue weighted by Crippen LogP contribution is 2.28. The molecule has 200 valence electrons. The number of fused-ring (bicyclic) bond motifs is 2. The van der Waals surface area contributed by atoms with Crippen LogP contribution in [0.3, 0.4) is 0 Å². The van der Waals surface area contributed by atoms with Gasteiger partial charge in [-0.15, -0.1) is 0 Å². The first-order valence-corrected chi connectivity index (χ1v) is 12.9. The van der Waals surface area contributed by atoms with E-state index in [0.29, 0.717) is 33.5 Å². The first kappa shape index (κ1) is 25.7. The van der Waals surface area contributed by atoms with Crippen LogP contribution in [-0.2, 0) is 6.54 Å². The molecular formula is C34H23FN2O4. The van der Waals surface area contributed by atoms with Crippen LogP contribution in [0.4, 0.5) is 4.39 Å². The number of ketones is 1. The number of nitrogens with zero attached hydrogens (tertiary/aromatic N) is 1. The summed E-state index contributed by atoms with van der Waals surface area (Å²) in [6.45, 7) is 0.124. The first-order chi connectivity index (χ1) is 19.9. The average Bonchev–Trinajstić information content (AvgIpc) is 3.43. The fraction of sp³-hybridized carbons (Fsp3) is 0.0294. The number of rotatable bonds is 7. The van der Waals surface area contributed by atoms with E-state index in [1.54, 1.807) is 65.1 Å². The molecule has 1 amide bonds. The number of aromatic nitrogens is 1. The Kier molecular flexibility index (Phi) is 6.61. The van der Waals surface area contributed by atoms with E-state index in [9.17, 15) is 18.8 Å². The van der Waals surface area contributed by atoms with Gasteiger partial charge in [-0.05, 0) is 70.4 Å². The highest BCUT2D eigenvalue weighted by atomic mass is 19.1. The molecule has 2 heterocycles. The number of carboxylic acids is 1. The van der Waals surface area contributed by atoms with E-state index in [2.05, 4.69) is 5.32 Å². The molecule has 0 saturated heterocycles. The maximum atomic E-state index is 14.7. The summed E-state index contributed by atoms with van der Waals surface area (Å²) in [6, 6.07) is 32.4. The van der Waals surface area contributed by atoms with Crippen molar-refractivity contribution in [1.29, 1.82) is 0 Å². The Balaban J connectivity index is 1.42. The molecule has 41 heavy (non-hydrogen) atoms. The van der Waals surface area contributed by atoms with Crippen LogP contribution in [0.15, 0.2) is 115 Å². The lowest BCUT2D eigenvalue weighted by atomic mass is 10.0. The van der Waals surface area contributed by atoms with Crippen molar-refractivity contribution in [3.63, 3.8) is 0 Å². The summed E-state index contributed by atoms with van der Waals surface area (Å²) in [7, 11) is 0. The van der Waals surface area contributed by atoms with Crippen molar-refractivity contribution in [2.45, 2.75) is 6.54 Å². The number of carboxylic acid groups (broad SMARTS) is 1. The molecule has 4 aromatic carbocycles. The number of nitrogens with one attached hydrogen (secondary N) is 1. The van der Waals surface area contributed by atoms with Crippen molar-refractivity contribution in [1.82, 2.24) is 9.72 Å². The van der Waals surface area contributed by atoms with Crippen molar-refractivity contribution in [2.24, 2.45) is 0 Å². The molecule has 0 fully saturated rings. The van der Waals surface area contributed by atoms with E-state index < -0.39 is 17.7 Å². The zero-order valence-electron chi connectivity index (χ0n) is 21.7. The molecule has 0 bridgehead atoms. The maximum absolute atomic E-state index is 14.7. The summed E-state index contributed by atoms with van der Waals surface area (Å²) in [4.78, 5) is 38.5. The molecule has 0 atom stereocenters. The lowest BCUT2D eigenvalue weighted by molar-refractivity contribution is 0.0696. The minimum absolute atomic E-state index is 0.124. The van der Waals surface area contributed by atoms with E-state index in [4.69, 9.17) is 5.11 Å². The Hall–Kier alpha value is -5.56. The van der Waals surface area contributed by atoms with Crippen molar-refractivity contribution in [3.8, 4) is 11.1 Å². The third-order valence-electron chi connectivity index (χ3n) is 7.06. The van der Waals surface area contributed by atoms with Crippen LogP contribution >= 0.6 is 0 Å². The smallest absolute Gasteiger partial charge is 0.335 e. The molecule has 7 heteroatoms. The summed E-state index contributed by atoms with van der Waals surface area (Å²) >= 11 is 0. The van der Waals surface area contributed by atoms with Gasteiger partial charge in [-0.3, -0.25) is 9.59 Å². The normalized spacial score (nSPS) is 11.0. The lowest BCUT2D eigenvalue weighted by Gasteiger charge is -2.14. The molecule has 0 aliphatic rings. The SMILES string of the molecule is O=C(O)c1ccc(CNC(=O)c2cc(-c3ccccc3F)cc3ccc(C(=O)c4ccc5ccccc5c4)n23)cc1. The standard InChI is InChI=1S/C34H23FN2O4/c35-29-8-4-3-7-28(29)26-18-27-15-16-30(32(38)25-14-13-22-5-1-2-6-24(22)17-25)37(27)31(19-26)33(39)36-20-21-9-11-23(12-10-21)34(40)41/h1-19H,20H2,(H,36,39)(H,40,41). The second-order valence-electron chi connectivity index (χ2n) is 9.66. The molecule has 0 aliphatic carbocycles. The van der Waals surface area contributed by atoms with Crippen LogP contribution in [0.25, 0.3) is 27.4 Å². The Bertz CT molecular complexity index is 1980. The van der Waals surface area contributed by atoms with Gasteiger partial charge in [0.2, 0.25) is 5.78 Å². The minimum atomic E-state index is -1.04. The lowest BCUT2D eigenvalue weighted by Crippen LogP contribution is -2.26. The van der Waals surface area contributed by atoms with Gasteiger partial charge < -0.3 is 14.8 Å². The second kappa shape index (κ2) is 10.5. The third kappa shape index (κ3) is 4.96. The zero-order chi connectivity index (χ0) is 28.5. The number of carbonyl (C=O) groups is 3. The molecule has 2 aromatic heterocycles. The van der Waals surface area contributed by atoms with Crippen LogP contribution in [0.5, 0.6) is 0 Å². The van der Waals surface area contributed by atoms with Gasteiger partial charge in [0.15, 0.2) is 0 Å². The first-order valence-electron chi connectivity index (χ1n) is 12.9. The molecule has 0 spiro atoms. The molecule has 0 saturated carbocycles. The van der Waals surface area contributed by atoms with Crippen LogP contribution in [0, 0.1) is 5.82 Å². The summed E-state index contributed by atoms with van der Waals surface area (Å²) < 4.78 is 16.3. The van der Waals surface area contributed by atoms with Crippen LogP contribution < -0.4 is 5.32 Å². The van der Waals surface area contributed by atoms with E-state index in [-0.39, 0.29) is 23.6 Å². The second-order valence-corrected chi connectivity index (χ2v) is 9.66. The Labute approximate surface area is 234 Å². The molecule has 0 aliphatic heterocycles. The number of carbonyl (C=O) groups excluding carboxylic acids is 2. The number of aromatic carboxylic acids is 1. The molecule has 0 radical (unpaired) electrons. The molecule has 0 unspecified atom stereocenters. The van der Waals surface area contributed by atoms with Gasteiger partial charge in [0.1, 0.15) is 11.5 Å². The number of hydrogen-bond acceptors (Lipinski definition) is 3. The Morgan fingerprint density at radius 1 is 0.707 bits per heavy atom. The Morgan fingerprint density at radius 2 is 1.41 bits per heavy atom. The van der Waals surface area contributed by atoms with Crippen molar-refractivity contribution in [3.05, 3.63) is 149 Å². The van der Waals surface area contributed by atoms with Gasteiger partial charge in [0.05, 0.1) is 11.3 Å². The molecule has 6 rings (SSSR count). The number of amides is 1. The fourth-order valence-electron chi connectivity index (χ4n) is 4.96. The molecule has 2 N–H and O–H groups in total. The largest absolute Gasteiger partial charge is 0.478 e. The minimum Gasteiger partial charge on any atom is -0.478 e. The number of hydrogen-bond donors (Lipinski definition) is 2. The topological polar surface area (TPSA) is 87.9 Å². The predicted molar refractivity (Wildman–Crippen MR) is 155 cm³/mol. The number of halogens is 1. The summed E-state index contributed by atoms with van der Waals surface area (Å²) in [5, 5.41) is 13.9. The highest BCUT2D eigenvalue weighted by Gasteiger charge is 2.21. The van der Waals surface area contributed by atoms with E-state index in [1.165, 1.54) is 18.2 Å². The fourth-order valence-corrected chi connectivity index (χ4v) is 4.96. The van der Waals surface area contributed by atoms with Gasteiger partial charge in [0.25, 0.3) is 5.91 Å². The van der Waals surface area contributed by atoms with E-state index >= 15 is 0 Å². The van der Waals surface area contributed by atoms with Gasteiger partial charge >= 0.3 is 5.97 Å². The average molecular weight is 543 g/mol. The van der Waals surface area contributed by atoms with Gasteiger partial charge in [-0.25, -0.2) is 9.18 Å². The Morgan fingerprint density at radius 3 is 2.17 bits per heavy atom. The number of pyridine rings is 1.